The predicted octanol–water partition coefficient (Wildman–Crippen LogP) is 2.34. The minimum atomic E-state index is 0.0873. The van der Waals surface area contributed by atoms with Crippen molar-refractivity contribution in [1.82, 2.24) is 9.88 Å². The summed E-state index contributed by atoms with van der Waals surface area (Å²) in [5, 5.41) is 9.81. The monoisotopic (exact) mass is 302 g/mol. The Hall–Kier alpha value is -2.27. The van der Waals surface area contributed by atoms with Gasteiger partial charge in [-0.25, -0.2) is 0 Å². The molecule has 0 unspecified atom stereocenters. The second-order valence-electron chi connectivity index (χ2n) is 5.58. The number of aromatic nitrogens is 1. The number of aryl methyl sites for hydroxylation is 1. The van der Waals surface area contributed by atoms with E-state index in [4.69, 9.17) is 4.74 Å². The highest BCUT2D eigenvalue weighted by atomic mass is 16.5. The van der Waals surface area contributed by atoms with Gasteiger partial charge >= 0.3 is 0 Å². The second kappa shape index (κ2) is 6.66. The molecule has 5 heteroatoms. The number of hydrogen-bond donors (Lipinski definition) is 2. The summed E-state index contributed by atoms with van der Waals surface area (Å²) in [4.78, 5) is 17.2. The van der Waals surface area contributed by atoms with Crippen LogP contribution < -0.4 is 10.2 Å². The molecule has 0 aliphatic heterocycles. The first-order valence-electron chi connectivity index (χ1n) is 7.14. The number of pyridine rings is 1. The second-order valence-corrected chi connectivity index (χ2v) is 5.58. The van der Waals surface area contributed by atoms with Crippen LogP contribution in [0.25, 0.3) is 0 Å². The molecule has 22 heavy (non-hydrogen) atoms. The van der Waals surface area contributed by atoms with Crippen LogP contribution in [0.2, 0.25) is 0 Å². The number of rotatable bonds is 5. The topological polar surface area (TPSA) is 65.6 Å². The SMILES string of the molecule is COc1ccc(CN(C)Cc2[nH]cc(C)c(=O)c2C)cc1O. The van der Waals surface area contributed by atoms with Crippen LogP contribution in [0.1, 0.15) is 22.4 Å². The minimum Gasteiger partial charge on any atom is -0.504 e. The fourth-order valence-electron chi connectivity index (χ4n) is 2.44. The molecule has 0 aliphatic rings. The van der Waals surface area contributed by atoms with E-state index >= 15 is 0 Å². The lowest BCUT2D eigenvalue weighted by atomic mass is 10.1. The molecule has 2 aromatic rings. The Balaban J connectivity index is 2.10. The third-order valence-corrected chi connectivity index (χ3v) is 3.74. The zero-order chi connectivity index (χ0) is 16.3. The van der Waals surface area contributed by atoms with Gasteiger partial charge in [-0.2, -0.15) is 0 Å². The summed E-state index contributed by atoms with van der Waals surface area (Å²) in [6, 6.07) is 5.36. The van der Waals surface area contributed by atoms with Gasteiger partial charge in [0.15, 0.2) is 16.9 Å². The van der Waals surface area contributed by atoms with Gasteiger partial charge in [-0.3, -0.25) is 9.69 Å². The Bertz CT molecular complexity index is 722. The van der Waals surface area contributed by atoms with Crippen molar-refractivity contribution in [2.45, 2.75) is 26.9 Å². The molecule has 0 amide bonds. The fourth-order valence-corrected chi connectivity index (χ4v) is 2.44. The van der Waals surface area contributed by atoms with E-state index in [1.807, 2.05) is 20.0 Å². The van der Waals surface area contributed by atoms with Crippen LogP contribution in [0.15, 0.2) is 29.2 Å². The first-order valence-corrected chi connectivity index (χ1v) is 7.14. The highest BCUT2D eigenvalue weighted by molar-refractivity contribution is 5.41. The molecular formula is C17H22N2O3. The molecule has 0 saturated heterocycles. The lowest BCUT2D eigenvalue weighted by Crippen LogP contribution is -2.22. The molecule has 1 aromatic heterocycles. The van der Waals surface area contributed by atoms with Gasteiger partial charge in [0.2, 0.25) is 0 Å². The molecule has 0 fully saturated rings. The van der Waals surface area contributed by atoms with Crippen molar-refractivity contribution in [3.63, 3.8) is 0 Å². The third kappa shape index (κ3) is 3.49. The highest BCUT2D eigenvalue weighted by Crippen LogP contribution is 2.26. The van der Waals surface area contributed by atoms with Crippen molar-refractivity contribution in [2.24, 2.45) is 0 Å². The molecule has 0 radical (unpaired) electrons. The molecule has 5 nitrogen and oxygen atoms in total. The van der Waals surface area contributed by atoms with Gasteiger partial charge in [0.1, 0.15) is 0 Å². The summed E-state index contributed by atoms with van der Waals surface area (Å²) < 4.78 is 5.04. The van der Waals surface area contributed by atoms with E-state index in [2.05, 4.69) is 9.88 Å². The van der Waals surface area contributed by atoms with Crippen LogP contribution >= 0.6 is 0 Å². The van der Waals surface area contributed by atoms with E-state index in [0.717, 1.165) is 22.4 Å². The average molecular weight is 302 g/mol. The number of methoxy groups -OCH3 is 1. The predicted molar refractivity (Wildman–Crippen MR) is 86.4 cm³/mol. The number of H-pyrrole nitrogens is 1. The van der Waals surface area contributed by atoms with Gasteiger partial charge in [0.25, 0.3) is 0 Å². The maximum absolute atomic E-state index is 12.0. The van der Waals surface area contributed by atoms with E-state index in [0.29, 0.717) is 18.8 Å². The van der Waals surface area contributed by atoms with Crippen molar-refractivity contribution in [3.8, 4) is 11.5 Å². The first-order chi connectivity index (χ1) is 10.4. The van der Waals surface area contributed by atoms with Gasteiger partial charge < -0.3 is 14.8 Å². The normalized spacial score (nSPS) is 11.0. The lowest BCUT2D eigenvalue weighted by Gasteiger charge is -2.18. The zero-order valence-corrected chi connectivity index (χ0v) is 13.4. The van der Waals surface area contributed by atoms with Gasteiger partial charge in [-0.15, -0.1) is 0 Å². The van der Waals surface area contributed by atoms with Crippen LogP contribution in [0, 0.1) is 13.8 Å². The molecule has 2 rings (SSSR count). The lowest BCUT2D eigenvalue weighted by molar-refractivity contribution is 0.312. The minimum absolute atomic E-state index is 0.0873. The Labute approximate surface area is 130 Å². The Kier molecular flexibility index (Phi) is 4.88. The maximum atomic E-state index is 12.0. The standard InChI is InChI=1S/C17H22N2O3/c1-11-8-18-14(12(2)17(11)21)10-19(3)9-13-5-6-16(22-4)15(20)7-13/h5-8,20H,9-10H2,1-4H3,(H,18,21). The number of aromatic hydroxyl groups is 1. The fraction of sp³-hybridized carbons (Fsp3) is 0.353. The van der Waals surface area contributed by atoms with Crippen molar-refractivity contribution in [3.05, 3.63) is 57.0 Å². The summed E-state index contributed by atoms with van der Waals surface area (Å²) in [5.41, 5.74) is 3.46. The molecule has 2 N–H and O–H groups in total. The summed E-state index contributed by atoms with van der Waals surface area (Å²) in [6.45, 7) is 4.94. The van der Waals surface area contributed by atoms with Crippen molar-refractivity contribution in [2.75, 3.05) is 14.2 Å². The van der Waals surface area contributed by atoms with Gasteiger partial charge in [0.05, 0.1) is 7.11 Å². The molecule has 0 atom stereocenters. The number of ether oxygens (including phenoxy) is 1. The number of hydrogen-bond acceptors (Lipinski definition) is 4. The zero-order valence-electron chi connectivity index (χ0n) is 13.4. The quantitative estimate of drug-likeness (QED) is 0.889. The number of phenolic OH excluding ortho intramolecular Hbond substituents is 1. The first kappa shape index (κ1) is 16.1. The Morgan fingerprint density at radius 1 is 1.27 bits per heavy atom. The van der Waals surface area contributed by atoms with Gasteiger partial charge in [0, 0.05) is 36.1 Å². The van der Waals surface area contributed by atoms with Crippen molar-refractivity contribution in [1.29, 1.82) is 0 Å². The van der Waals surface area contributed by atoms with Crippen LogP contribution in [0.5, 0.6) is 11.5 Å². The Morgan fingerprint density at radius 2 is 2.00 bits per heavy atom. The molecular weight excluding hydrogens is 280 g/mol. The molecule has 1 heterocycles. The number of benzene rings is 1. The smallest absolute Gasteiger partial charge is 0.187 e. The van der Waals surface area contributed by atoms with E-state index in [9.17, 15) is 9.90 Å². The van der Waals surface area contributed by atoms with Crippen LogP contribution in [0.3, 0.4) is 0 Å². The summed E-state index contributed by atoms with van der Waals surface area (Å²) in [7, 11) is 3.50. The van der Waals surface area contributed by atoms with E-state index in [1.54, 1.807) is 25.3 Å². The van der Waals surface area contributed by atoms with Crippen LogP contribution in [0.4, 0.5) is 0 Å². The molecule has 0 bridgehead atoms. The van der Waals surface area contributed by atoms with Gasteiger partial charge in [-0.1, -0.05) is 6.07 Å². The number of phenols is 1. The van der Waals surface area contributed by atoms with Crippen LogP contribution in [-0.4, -0.2) is 29.1 Å². The molecule has 118 valence electrons. The van der Waals surface area contributed by atoms with Crippen molar-refractivity contribution >= 4 is 0 Å². The largest absolute Gasteiger partial charge is 0.504 e. The van der Waals surface area contributed by atoms with E-state index in [-0.39, 0.29) is 11.2 Å². The number of nitrogens with one attached hydrogen (secondary N) is 1. The summed E-state index contributed by atoms with van der Waals surface area (Å²) in [5.74, 6) is 0.596. The third-order valence-electron chi connectivity index (χ3n) is 3.74. The van der Waals surface area contributed by atoms with E-state index in [1.165, 1.54) is 7.11 Å². The molecule has 0 aliphatic carbocycles. The number of aromatic amines is 1. The highest BCUT2D eigenvalue weighted by Gasteiger charge is 2.09. The summed E-state index contributed by atoms with van der Waals surface area (Å²) in [6.07, 6.45) is 1.75. The molecule has 0 spiro atoms. The maximum Gasteiger partial charge on any atom is 0.187 e. The summed E-state index contributed by atoms with van der Waals surface area (Å²) >= 11 is 0. The molecule has 1 aromatic carbocycles. The van der Waals surface area contributed by atoms with Crippen molar-refractivity contribution < 1.29 is 9.84 Å². The average Bonchev–Trinajstić information content (AvgIpc) is 2.48. The van der Waals surface area contributed by atoms with E-state index < -0.39 is 0 Å². The Morgan fingerprint density at radius 3 is 2.64 bits per heavy atom. The van der Waals surface area contributed by atoms with Crippen LogP contribution in [-0.2, 0) is 13.1 Å². The number of nitrogens with zero attached hydrogens (tertiary/aromatic N) is 1. The molecule has 0 saturated carbocycles. The van der Waals surface area contributed by atoms with Gasteiger partial charge in [-0.05, 0) is 38.6 Å².